The van der Waals surface area contributed by atoms with Gasteiger partial charge in [-0.2, -0.15) is 10.2 Å². The number of hydrogen-bond acceptors (Lipinski definition) is 4. The lowest BCUT2D eigenvalue weighted by Crippen LogP contribution is -2.16. The van der Waals surface area contributed by atoms with Crippen molar-refractivity contribution in [2.24, 2.45) is 0 Å². The second-order valence-electron chi connectivity index (χ2n) is 7.76. The molecule has 2 heterocycles. The summed E-state index contributed by atoms with van der Waals surface area (Å²) in [6, 6.07) is 13.8. The molecule has 0 saturated carbocycles. The third kappa shape index (κ3) is 4.26. The van der Waals surface area contributed by atoms with Crippen molar-refractivity contribution >= 4 is 27.3 Å². The van der Waals surface area contributed by atoms with Gasteiger partial charge in [-0.3, -0.25) is 9.40 Å². The van der Waals surface area contributed by atoms with Crippen molar-refractivity contribution < 1.29 is 12.8 Å². The van der Waals surface area contributed by atoms with Gasteiger partial charge in [0, 0.05) is 10.6 Å². The van der Waals surface area contributed by atoms with Crippen LogP contribution in [0, 0.1) is 33.5 Å². The molecule has 172 valence electrons. The topological polar surface area (TPSA) is 81.8 Å². The summed E-state index contributed by atoms with van der Waals surface area (Å²) in [7, 11) is -3.97. The summed E-state index contributed by atoms with van der Waals surface area (Å²) in [5.41, 5.74) is 3.28. The molecule has 0 amide bonds. The molecule has 2 aromatic carbocycles. The van der Waals surface area contributed by atoms with Crippen molar-refractivity contribution in [3.8, 4) is 5.69 Å². The van der Waals surface area contributed by atoms with E-state index in [1.165, 1.54) is 16.8 Å². The van der Waals surface area contributed by atoms with Crippen molar-refractivity contribution in [3.05, 3.63) is 87.7 Å². The fraction of sp³-hybridized carbons (Fsp3) is 0.217. The van der Waals surface area contributed by atoms with E-state index < -0.39 is 15.8 Å². The van der Waals surface area contributed by atoms with Crippen LogP contribution in [0.4, 0.5) is 10.1 Å². The van der Waals surface area contributed by atoms with Crippen LogP contribution in [0.25, 0.3) is 5.69 Å². The number of halogens is 2. The van der Waals surface area contributed by atoms with E-state index in [4.69, 9.17) is 11.6 Å². The number of para-hydroxylation sites is 1. The second-order valence-corrected chi connectivity index (χ2v) is 9.78. The van der Waals surface area contributed by atoms with E-state index in [1.54, 1.807) is 38.4 Å². The Kier molecular flexibility index (Phi) is 6.02. The lowest BCUT2D eigenvalue weighted by atomic mass is 10.2. The van der Waals surface area contributed by atoms with Crippen LogP contribution < -0.4 is 4.72 Å². The Hall–Kier alpha value is -3.17. The van der Waals surface area contributed by atoms with Crippen LogP contribution in [-0.4, -0.2) is 28.0 Å². The molecule has 0 aliphatic carbocycles. The van der Waals surface area contributed by atoms with Crippen molar-refractivity contribution in [1.82, 2.24) is 19.6 Å². The highest BCUT2D eigenvalue weighted by atomic mass is 35.5. The summed E-state index contributed by atoms with van der Waals surface area (Å²) < 4.78 is 46.8. The average Bonchev–Trinajstić information content (AvgIpc) is 3.21. The van der Waals surface area contributed by atoms with Gasteiger partial charge in [0.15, 0.2) is 0 Å². The molecule has 0 radical (unpaired) electrons. The molecule has 0 unspecified atom stereocenters. The van der Waals surface area contributed by atoms with E-state index in [0.29, 0.717) is 28.5 Å². The third-order valence-corrected chi connectivity index (χ3v) is 7.44. The molecule has 10 heteroatoms. The molecular weight excluding hydrogens is 465 g/mol. The van der Waals surface area contributed by atoms with Gasteiger partial charge >= 0.3 is 0 Å². The Morgan fingerprint density at radius 1 is 0.939 bits per heavy atom. The van der Waals surface area contributed by atoms with Crippen molar-refractivity contribution in [3.63, 3.8) is 0 Å². The first-order valence-corrected chi connectivity index (χ1v) is 12.1. The number of rotatable bonds is 6. The minimum atomic E-state index is -3.97. The summed E-state index contributed by atoms with van der Waals surface area (Å²) in [5, 5.41) is 9.12. The molecule has 33 heavy (non-hydrogen) atoms. The first kappa shape index (κ1) is 23.0. The van der Waals surface area contributed by atoms with Gasteiger partial charge in [-0.05, 0) is 52.0 Å². The zero-order chi connectivity index (χ0) is 23.9. The number of hydrogen-bond donors (Lipinski definition) is 1. The first-order valence-electron chi connectivity index (χ1n) is 10.2. The number of anilines is 1. The van der Waals surface area contributed by atoms with E-state index >= 15 is 0 Å². The van der Waals surface area contributed by atoms with Crippen molar-refractivity contribution in [2.45, 2.75) is 39.1 Å². The lowest BCUT2D eigenvalue weighted by molar-refractivity contribution is 0.579. The summed E-state index contributed by atoms with van der Waals surface area (Å²) in [6.45, 7) is 6.86. The predicted molar refractivity (Wildman–Crippen MR) is 126 cm³/mol. The number of benzene rings is 2. The van der Waals surface area contributed by atoms with E-state index in [2.05, 4.69) is 14.9 Å². The maximum atomic E-state index is 14.3. The predicted octanol–water partition coefficient (Wildman–Crippen LogP) is 4.94. The average molecular weight is 488 g/mol. The summed E-state index contributed by atoms with van der Waals surface area (Å²) >= 11 is 6.15. The molecule has 0 bridgehead atoms. The molecular formula is C23H23ClFN5O2S. The van der Waals surface area contributed by atoms with Crippen LogP contribution in [0.3, 0.4) is 0 Å². The van der Waals surface area contributed by atoms with E-state index in [0.717, 1.165) is 5.69 Å². The molecule has 1 N–H and O–H groups in total. The van der Waals surface area contributed by atoms with Crippen molar-refractivity contribution in [2.75, 3.05) is 4.72 Å². The van der Waals surface area contributed by atoms with Crippen LogP contribution in [0.1, 0.15) is 28.3 Å². The van der Waals surface area contributed by atoms with Gasteiger partial charge in [0.25, 0.3) is 10.0 Å². The standard InChI is InChI=1S/C23H23ClFN5O2S/c1-14-22(16(3)29(26-14)13-19-20(24)11-8-12-21(19)25)28-33(31,32)23-15(2)27-30(17(23)4)18-9-6-5-7-10-18/h5-12,28H,13H2,1-4H3. The molecule has 0 aliphatic heterocycles. The summed E-state index contributed by atoms with van der Waals surface area (Å²) in [6.07, 6.45) is 0. The molecule has 0 aliphatic rings. The number of sulfonamides is 1. The maximum absolute atomic E-state index is 14.3. The zero-order valence-corrected chi connectivity index (χ0v) is 20.2. The Morgan fingerprint density at radius 3 is 2.30 bits per heavy atom. The molecule has 0 atom stereocenters. The van der Waals surface area contributed by atoms with E-state index in [1.807, 2.05) is 30.3 Å². The van der Waals surface area contributed by atoms with Crippen LogP contribution in [0.2, 0.25) is 5.02 Å². The van der Waals surface area contributed by atoms with E-state index in [9.17, 15) is 12.8 Å². The number of nitrogens with one attached hydrogen (secondary N) is 1. The van der Waals surface area contributed by atoms with Crippen LogP contribution in [0.5, 0.6) is 0 Å². The maximum Gasteiger partial charge on any atom is 0.265 e. The van der Waals surface area contributed by atoms with Crippen LogP contribution in [-0.2, 0) is 16.6 Å². The molecule has 4 aromatic rings. The quantitative estimate of drug-likeness (QED) is 0.417. The normalized spacial score (nSPS) is 11.7. The minimum absolute atomic E-state index is 0.0733. The van der Waals surface area contributed by atoms with Gasteiger partial charge in [-0.1, -0.05) is 35.9 Å². The number of aryl methyl sites for hydroxylation is 2. The molecule has 0 fully saturated rings. The van der Waals surface area contributed by atoms with Crippen LogP contribution >= 0.6 is 11.6 Å². The highest BCUT2D eigenvalue weighted by Crippen LogP contribution is 2.29. The Labute approximate surface area is 196 Å². The number of nitrogens with zero attached hydrogens (tertiary/aromatic N) is 4. The molecule has 0 saturated heterocycles. The largest absolute Gasteiger partial charge is 0.276 e. The molecule has 4 rings (SSSR count). The molecule has 7 nitrogen and oxygen atoms in total. The zero-order valence-electron chi connectivity index (χ0n) is 18.6. The lowest BCUT2D eigenvalue weighted by Gasteiger charge is -2.11. The van der Waals surface area contributed by atoms with Gasteiger partial charge in [-0.15, -0.1) is 0 Å². The SMILES string of the molecule is Cc1nn(Cc2c(F)cccc2Cl)c(C)c1NS(=O)(=O)c1c(C)nn(-c2ccccc2)c1C. The van der Waals surface area contributed by atoms with Crippen LogP contribution in [0.15, 0.2) is 53.4 Å². The van der Waals surface area contributed by atoms with Crippen molar-refractivity contribution in [1.29, 1.82) is 0 Å². The second kappa shape index (κ2) is 8.64. The molecule has 0 spiro atoms. The first-order chi connectivity index (χ1) is 15.6. The Balaban J connectivity index is 1.70. The third-order valence-electron chi connectivity index (χ3n) is 5.48. The van der Waals surface area contributed by atoms with Gasteiger partial charge < -0.3 is 0 Å². The summed E-state index contributed by atoms with van der Waals surface area (Å²) in [5.74, 6) is -0.447. The highest BCUT2D eigenvalue weighted by molar-refractivity contribution is 7.92. The van der Waals surface area contributed by atoms with Gasteiger partial charge in [0.05, 0.1) is 40.7 Å². The summed E-state index contributed by atoms with van der Waals surface area (Å²) in [4.78, 5) is 0.107. The number of aromatic nitrogens is 4. The molecule has 2 aromatic heterocycles. The van der Waals surface area contributed by atoms with Gasteiger partial charge in [0.2, 0.25) is 0 Å². The Morgan fingerprint density at radius 2 is 1.64 bits per heavy atom. The van der Waals surface area contributed by atoms with Gasteiger partial charge in [0.1, 0.15) is 10.7 Å². The van der Waals surface area contributed by atoms with E-state index in [-0.39, 0.29) is 22.0 Å². The highest BCUT2D eigenvalue weighted by Gasteiger charge is 2.27. The minimum Gasteiger partial charge on any atom is -0.276 e. The Bertz CT molecular complexity index is 1430. The fourth-order valence-electron chi connectivity index (χ4n) is 3.86. The van der Waals surface area contributed by atoms with Gasteiger partial charge in [-0.25, -0.2) is 17.5 Å². The monoisotopic (exact) mass is 487 g/mol. The smallest absolute Gasteiger partial charge is 0.265 e. The fourth-order valence-corrected chi connectivity index (χ4v) is 5.65.